The van der Waals surface area contributed by atoms with E-state index in [2.05, 4.69) is 5.32 Å². The second-order valence-electron chi connectivity index (χ2n) is 5.31. The quantitative estimate of drug-likeness (QED) is 0.875. The fourth-order valence-corrected chi connectivity index (χ4v) is 2.36. The summed E-state index contributed by atoms with van der Waals surface area (Å²) >= 11 is 0. The third-order valence-electron chi connectivity index (χ3n) is 3.75. The summed E-state index contributed by atoms with van der Waals surface area (Å²) in [6.45, 7) is 3.74. The molecule has 3 N–H and O–H groups in total. The molecule has 0 aliphatic carbocycles. The van der Waals surface area contributed by atoms with E-state index in [4.69, 9.17) is 5.73 Å². The first-order valence-electron chi connectivity index (χ1n) is 6.94. The molecule has 3 amide bonds. The minimum absolute atomic E-state index is 0.0755. The summed E-state index contributed by atoms with van der Waals surface area (Å²) in [5.41, 5.74) is 7.56. The summed E-state index contributed by atoms with van der Waals surface area (Å²) in [7, 11) is 0. The highest BCUT2D eigenvalue weighted by Crippen LogP contribution is 2.16. The van der Waals surface area contributed by atoms with Crippen LogP contribution in [0.5, 0.6) is 0 Å². The van der Waals surface area contributed by atoms with Crippen molar-refractivity contribution in [3.05, 3.63) is 35.4 Å². The van der Waals surface area contributed by atoms with Gasteiger partial charge >= 0.3 is 6.03 Å². The van der Waals surface area contributed by atoms with Gasteiger partial charge in [-0.2, -0.15) is 0 Å². The lowest BCUT2D eigenvalue weighted by Gasteiger charge is -2.30. The van der Waals surface area contributed by atoms with Crippen LogP contribution in [-0.4, -0.2) is 29.9 Å². The largest absolute Gasteiger partial charge is 0.369 e. The summed E-state index contributed by atoms with van der Waals surface area (Å²) in [4.78, 5) is 24.8. The molecule has 5 nitrogen and oxygen atoms in total. The van der Waals surface area contributed by atoms with Crippen molar-refractivity contribution in [2.75, 3.05) is 13.1 Å². The SMILES string of the molecule is Cc1ccc(CNC(=O)N2CCC(C(N)=O)CC2)cc1. The maximum absolute atomic E-state index is 12.0. The molecule has 0 bridgehead atoms. The number of aryl methyl sites for hydroxylation is 1. The standard InChI is InChI=1S/C15H21N3O2/c1-11-2-4-12(5-3-11)10-17-15(20)18-8-6-13(7-9-18)14(16)19/h2-5,13H,6-10H2,1H3,(H2,16,19)(H,17,20). The average Bonchev–Trinajstić information content (AvgIpc) is 2.46. The minimum atomic E-state index is -0.260. The first-order valence-corrected chi connectivity index (χ1v) is 6.94. The molecule has 2 rings (SSSR count). The van der Waals surface area contributed by atoms with E-state index in [9.17, 15) is 9.59 Å². The van der Waals surface area contributed by atoms with Gasteiger partial charge in [0.1, 0.15) is 0 Å². The van der Waals surface area contributed by atoms with E-state index in [1.165, 1.54) is 5.56 Å². The van der Waals surface area contributed by atoms with Crippen molar-refractivity contribution in [1.29, 1.82) is 0 Å². The zero-order valence-electron chi connectivity index (χ0n) is 11.8. The van der Waals surface area contributed by atoms with Gasteiger partial charge in [-0.25, -0.2) is 4.79 Å². The number of likely N-dealkylation sites (tertiary alicyclic amines) is 1. The third-order valence-corrected chi connectivity index (χ3v) is 3.75. The van der Waals surface area contributed by atoms with Gasteiger partial charge in [0.15, 0.2) is 0 Å². The van der Waals surface area contributed by atoms with Gasteiger partial charge in [0.2, 0.25) is 5.91 Å². The van der Waals surface area contributed by atoms with Crippen LogP contribution >= 0.6 is 0 Å². The topological polar surface area (TPSA) is 75.4 Å². The maximum atomic E-state index is 12.0. The lowest BCUT2D eigenvalue weighted by Crippen LogP contribution is -2.46. The van der Waals surface area contributed by atoms with Gasteiger partial charge in [0, 0.05) is 25.6 Å². The molecule has 5 heteroatoms. The molecule has 1 aliphatic heterocycles. The summed E-state index contributed by atoms with van der Waals surface area (Å²) < 4.78 is 0. The molecule has 0 saturated carbocycles. The van der Waals surface area contributed by atoms with Gasteiger partial charge < -0.3 is 16.0 Å². The predicted octanol–water partition coefficient (Wildman–Crippen LogP) is 1.40. The molecule has 108 valence electrons. The van der Waals surface area contributed by atoms with Gasteiger partial charge in [-0.3, -0.25) is 4.79 Å². The van der Waals surface area contributed by atoms with Gasteiger partial charge in [-0.1, -0.05) is 29.8 Å². The van der Waals surface area contributed by atoms with Crippen molar-refractivity contribution in [1.82, 2.24) is 10.2 Å². The zero-order chi connectivity index (χ0) is 14.5. The number of hydrogen-bond acceptors (Lipinski definition) is 2. The number of hydrogen-bond donors (Lipinski definition) is 2. The molecule has 1 aromatic carbocycles. The highest BCUT2D eigenvalue weighted by molar-refractivity contribution is 5.78. The van der Waals surface area contributed by atoms with E-state index in [-0.39, 0.29) is 17.9 Å². The van der Waals surface area contributed by atoms with Crippen molar-refractivity contribution < 1.29 is 9.59 Å². The summed E-state index contributed by atoms with van der Waals surface area (Å²) in [6, 6.07) is 8.00. The molecule has 1 aliphatic rings. The van der Waals surface area contributed by atoms with Crippen molar-refractivity contribution in [2.45, 2.75) is 26.3 Å². The number of nitrogens with one attached hydrogen (secondary N) is 1. The highest BCUT2D eigenvalue weighted by atomic mass is 16.2. The maximum Gasteiger partial charge on any atom is 0.317 e. The lowest BCUT2D eigenvalue weighted by atomic mass is 9.96. The summed E-state index contributed by atoms with van der Waals surface area (Å²) in [5.74, 6) is -0.346. The van der Waals surface area contributed by atoms with Gasteiger partial charge in [-0.15, -0.1) is 0 Å². The Balaban J connectivity index is 1.78. The Hall–Kier alpha value is -2.04. The lowest BCUT2D eigenvalue weighted by molar-refractivity contribution is -0.123. The number of nitrogens with zero attached hydrogens (tertiary/aromatic N) is 1. The fourth-order valence-electron chi connectivity index (χ4n) is 2.36. The minimum Gasteiger partial charge on any atom is -0.369 e. The molecule has 1 saturated heterocycles. The second-order valence-corrected chi connectivity index (χ2v) is 5.31. The molecule has 0 spiro atoms. The smallest absolute Gasteiger partial charge is 0.317 e. The predicted molar refractivity (Wildman–Crippen MR) is 76.9 cm³/mol. The Morgan fingerprint density at radius 2 is 1.85 bits per heavy atom. The normalized spacial score (nSPS) is 15.9. The van der Waals surface area contributed by atoms with Crippen LogP contribution in [0.3, 0.4) is 0 Å². The highest BCUT2D eigenvalue weighted by Gasteiger charge is 2.25. The molecule has 0 aromatic heterocycles. The number of piperidine rings is 1. The van der Waals surface area contributed by atoms with Crippen LogP contribution in [0.15, 0.2) is 24.3 Å². The summed E-state index contributed by atoms with van der Waals surface area (Å²) in [6.07, 6.45) is 1.32. The van der Waals surface area contributed by atoms with Crippen LogP contribution in [0, 0.1) is 12.8 Å². The number of nitrogens with two attached hydrogens (primary N) is 1. The molecule has 0 atom stereocenters. The number of primary amides is 1. The van der Waals surface area contributed by atoms with Crippen molar-refractivity contribution in [3.8, 4) is 0 Å². The second kappa shape index (κ2) is 6.41. The monoisotopic (exact) mass is 275 g/mol. The fraction of sp³-hybridized carbons (Fsp3) is 0.467. The molecule has 1 aromatic rings. The van der Waals surface area contributed by atoms with E-state index in [0.29, 0.717) is 32.5 Å². The van der Waals surface area contributed by atoms with Crippen LogP contribution in [0.1, 0.15) is 24.0 Å². The third kappa shape index (κ3) is 3.73. The van der Waals surface area contributed by atoms with E-state index in [0.717, 1.165) is 5.56 Å². The molecular weight excluding hydrogens is 254 g/mol. The molecule has 1 fully saturated rings. The van der Waals surface area contributed by atoms with Gasteiger partial charge in [-0.05, 0) is 25.3 Å². The number of urea groups is 1. The zero-order valence-corrected chi connectivity index (χ0v) is 11.8. The number of amides is 3. The van der Waals surface area contributed by atoms with Crippen LogP contribution in [-0.2, 0) is 11.3 Å². The van der Waals surface area contributed by atoms with E-state index in [1.54, 1.807) is 4.90 Å². The van der Waals surface area contributed by atoms with Crippen molar-refractivity contribution in [3.63, 3.8) is 0 Å². The number of carbonyl (C=O) groups is 2. The average molecular weight is 275 g/mol. The number of benzene rings is 1. The Morgan fingerprint density at radius 1 is 1.25 bits per heavy atom. The molecule has 20 heavy (non-hydrogen) atoms. The van der Waals surface area contributed by atoms with Crippen molar-refractivity contribution in [2.24, 2.45) is 11.7 Å². The first kappa shape index (κ1) is 14.4. The Labute approximate surface area is 119 Å². The summed E-state index contributed by atoms with van der Waals surface area (Å²) in [5, 5.41) is 2.90. The van der Waals surface area contributed by atoms with Gasteiger partial charge in [0.05, 0.1) is 0 Å². The molecule has 0 radical (unpaired) electrons. The molecule has 0 unspecified atom stereocenters. The van der Waals surface area contributed by atoms with Crippen molar-refractivity contribution >= 4 is 11.9 Å². The first-order chi connectivity index (χ1) is 9.56. The van der Waals surface area contributed by atoms with E-state index < -0.39 is 0 Å². The van der Waals surface area contributed by atoms with E-state index in [1.807, 2.05) is 31.2 Å². The Kier molecular flexibility index (Phi) is 4.61. The van der Waals surface area contributed by atoms with Crippen LogP contribution in [0.25, 0.3) is 0 Å². The van der Waals surface area contributed by atoms with Crippen LogP contribution < -0.4 is 11.1 Å². The van der Waals surface area contributed by atoms with Crippen LogP contribution in [0.4, 0.5) is 4.79 Å². The van der Waals surface area contributed by atoms with E-state index >= 15 is 0 Å². The Morgan fingerprint density at radius 3 is 2.40 bits per heavy atom. The van der Waals surface area contributed by atoms with Gasteiger partial charge in [0.25, 0.3) is 0 Å². The number of rotatable bonds is 3. The molecule has 1 heterocycles. The van der Waals surface area contributed by atoms with Crippen LogP contribution in [0.2, 0.25) is 0 Å². The molecular formula is C15H21N3O2. The number of carbonyl (C=O) groups excluding carboxylic acids is 2. The Bertz CT molecular complexity index is 476.